The number of hydrogen-bond donors (Lipinski definition) is 3. The van der Waals surface area contributed by atoms with Crippen molar-refractivity contribution in [2.75, 3.05) is 11.9 Å². The normalized spacial score (nSPS) is 12.6. The van der Waals surface area contributed by atoms with Crippen LogP contribution in [-0.2, 0) is 17.6 Å². The van der Waals surface area contributed by atoms with Gasteiger partial charge in [0.1, 0.15) is 5.00 Å². The number of hydrazine groups is 1. The lowest BCUT2D eigenvalue weighted by molar-refractivity contribution is 0.0526. The predicted octanol–water partition coefficient (Wildman–Crippen LogP) is 4.20. The number of halogens is 1. The number of fused-ring (bicyclic) bond motifs is 1. The highest BCUT2D eigenvalue weighted by Crippen LogP contribution is 2.38. The number of aryl methyl sites for hydroxylation is 1. The lowest BCUT2D eigenvalue weighted by atomic mass is 9.95. The fourth-order valence-electron chi connectivity index (χ4n) is 2.99. The Morgan fingerprint density at radius 1 is 1.18 bits per heavy atom. The number of rotatable bonds is 4. The number of thiophene rings is 1. The predicted molar refractivity (Wildman–Crippen MR) is 118 cm³/mol. The summed E-state index contributed by atoms with van der Waals surface area (Å²) < 4.78 is 6.12. The van der Waals surface area contributed by atoms with Crippen LogP contribution in [0, 0.1) is 0 Å². The standard InChI is InChI=1S/C19H20BrN3O3S2/c1-2-26-18(25)15-13-5-3-4-6-14(13)28-17(15)21-19(27)23-22-16(24)11-7-9-12(20)10-8-11/h7-10H,2-6H2,1H3,(H,22,24)(H2,21,23,27). The van der Waals surface area contributed by atoms with Crippen molar-refractivity contribution in [2.45, 2.75) is 32.6 Å². The molecular formula is C19H20BrN3O3S2. The molecule has 1 aromatic carbocycles. The molecule has 28 heavy (non-hydrogen) atoms. The first-order valence-electron chi connectivity index (χ1n) is 8.94. The van der Waals surface area contributed by atoms with Crippen LogP contribution in [0.2, 0.25) is 0 Å². The highest BCUT2D eigenvalue weighted by atomic mass is 79.9. The van der Waals surface area contributed by atoms with E-state index in [1.165, 1.54) is 16.2 Å². The van der Waals surface area contributed by atoms with Gasteiger partial charge in [0.05, 0.1) is 12.2 Å². The second kappa shape index (κ2) is 9.49. The van der Waals surface area contributed by atoms with Crippen molar-refractivity contribution in [3.05, 3.63) is 50.3 Å². The number of hydrogen-bond acceptors (Lipinski definition) is 5. The van der Waals surface area contributed by atoms with Crippen LogP contribution in [-0.4, -0.2) is 23.6 Å². The minimum Gasteiger partial charge on any atom is -0.462 e. The van der Waals surface area contributed by atoms with Crippen LogP contribution in [0.3, 0.4) is 0 Å². The summed E-state index contributed by atoms with van der Waals surface area (Å²) >= 11 is 10.1. The van der Waals surface area contributed by atoms with Crippen LogP contribution >= 0.6 is 39.5 Å². The molecule has 0 radical (unpaired) electrons. The van der Waals surface area contributed by atoms with Crippen LogP contribution in [0.25, 0.3) is 0 Å². The molecule has 3 N–H and O–H groups in total. The van der Waals surface area contributed by atoms with Gasteiger partial charge >= 0.3 is 5.97 Å². The summed E-state index contributed by atoms with van der Waals surface area (Å²) in [5, 5.41) is 3.90. The van der Waals surface area contributed by atoms with E-state index in [1.807, 2.05) is 0 Å². The van der Waals surface area contributed by atoms with Gasteiger partial charge in [0, 0.05) is 14.9 Å². The van der Waals surface area contributed by atoms with Crippen molar-refractivity contribution in [2.24, 2.45) is 0 Å². The van der Waals surface area contributed by atoms with Crippen molar-refractivity contribution in [3.63, 3.8) is 0 Å². The second-order valence-corrected chi connectivity index (χ2v) is 8.60. The number of anilines is 1. The highest BCUT2D eigenvalue weighted by molar-refractivity contribution is 9.10. The minimum absolute atomic E-state index is 0.203. The lowest BCUT2D eigenvalue weighted by Gasteiger charge is -2.13. The molecule has 0 unspecified atom stereocenters. The summed E-state index contributed by atoms with van der Waals surface area (Å²) in [7, 11) is 0. The molecular weight excluding hydrogens is 462 g/mol. The van der Waals surface area contributed by atoms with Crippen LogP contribution in [0.1, 0.15) is 50.9 Å². The molecule has 2 aromatic rings. The Morgan fingerprint density at radius 3 is 2.61 bits per heavy atom. The van der Waals surface area contributed by atoms with Crippen LogP contribution < -0.4 is 16.2 Å². The summed E-state index contributed by atoms with van der Waals surface area (Å²) in [6, 6.07) is 6.97. The van der Waals surface area contributed by atoms with E-state index in [4.69, 9.17) is 17.0 Å². The Balaban J connectivity index is 1.68. The van der Waals surface area contributed by atoms with Gasteiger partial charge in [0.15, 0.2) is 5.11 Å². The van der Waals surface area contributed by atoms with Crippen LogP contribution in [0.15, 0.2) is 28.7 Å². The zero-order valence-corrected chi connectivity index (χ0v) is 18.5. The van der Waals surface area contributed by atoms with Crippen molar-refractivity contribution in [1.82, 2.24) is 10.9 Å². The van der Waals surface area contributed by atoms with Crippen molar-refractivity contribution < 1.29 is 14.3 Å². The molecule has 9 heteroatoms. The first-order valence-corrected chi connectivity index (χ1v) is 11.0. The van der Waals surface area contributed by atoms with Gasteiger partial charge in [-0.15, -0.1) is 11.3 Å². The first-order chi connectivity index (χ1) is 13.5. The Labute approximate surface area is 181 Å². The topological polar surface area (TPSA) is 79.5 Å². The number of ether oxygens (including phenoxy) is 1. The highest BCUT2D eigenvalue weighted by Gasteiger charge is 2.26. The summed E-state index contributed by atoms with van der Waals surface area (Å²) in [5.74, 6) is -0.654. The Morgan fingerprint density at radius 2 is 1.89 bits per heavy atom. The van der Waals surface area contributed by atoms with Gasteiger partial charge < -0.3 is 10.1 Å². The van der Waals surface area contributed by atoms with E-state index in [-0.39, 0.29) is 17.0 Å². The molecule has 148 valence electrons. The number of carbonyl (C=O) groups is 2. The van der Waals surface area contributed by atoms with Gasteiger partial charge in [-0.05, 0) is 74.7 Å². The summed E-state index contributed by atoms with van der Waals surface area (Å²) in [6.07, 6.45) is 3.99. The van der Waals surface area contributed by atoms with E-state index in [2.05, 4.69) is 32.1 Å². The Hall–Kier alpha value is -1.97. The number of benzene rings is 1. The maximum Gasteiger partial charge on any atom is 0.341 e. The second-order valence-electron chi connectivity index (χ2n) is 6.18. The van der Waals surface area contributed by atoms with E-state index >= 15 is 0 Å². The van der Waals surface area contributed by atoms with Gasteiger partial charge in [0.25, 0.3) is 5.91 Å². The number of nitrogens with one attached hydrogen (secondary N) is 3. The van der Waals surface area contributed by atoms with Crippen molar-refractivity contribution in [3.8, 4) is 0 Å². The van der Waals surface area contributed by atoms with Crippen molar-refractivity contribution >= 4 is 61.5 Å². The SMILES string of the molecule is CCOC(=O)c1c(NC(=S)NNC(=O)c2ccc(Br)cc2)sc2c1CCCC2. The third-order valence-corrected chi connectivity index (χ3v) is 6.21. The molecule has 0 fully saturated rings. The van der Waals surface area contributed by atoms with E-state index in [9.17, 15) is 9.59 Å². The minimum atomic E-state index is -0.342. The summed E-state index contributed by atoms with van der Waals surface area (Å²) in [6.45, 7) is 2.10. The Bertz CT molecular complexity index is 897. The first kappa shape index (κ1) is 20.8. The monoisotopic (exact) mass is 481 g/mol. The molecule has 0 saturated carbocycles. The largest absolute Gasteiger partial charge is 0.462 e. The van der Waals surface area contributed by atoms with Crippen LogP contribution in [0.4, 0.5) is 5.00 Å². The third kappa shape index (κ3) is 4.89. The third-order valence-electron chi connectivity index (χ3n) is 4.27. The molecule has 0 aliphatic heterocycles. The van der Waals surface area contributed by atoms with E-state index in [0.29, 0.717) is 22.7 Å². The van der Waals surface area contributed by atoms with Gasteiger partial charge in [-0.3, -0.25) is 15.6 Å². The van der Waals surface area contributed by atoms with E-state index < -0.39 is 0 Å². The van der Waals surface area contributed by atoms with Crippen LogP contribution in [0.5, 0.6) is 0 Å². The molecule has 6 nitrogen and oxygen atoms in total. The zero-order chi connectivity index (χ0) is 20.1. The molecule has 0 saturated heterocycles. The molecule has 0 bridgehead atoms. The molecule has 3 rings (SSSR count). The molecule has 1 aliphatic rings. The van der Waals surface area contributed by atoms with Gasteiger partial charge in [0.2, 0.25) is 0 Å². The average Bonchev–Trinajstić information content (AvgIpc) is 3.04. The molecule has 0 spiro atoms. The molecule has 1 aliphatic carbocycles. The van der Waals surface area contributed by atoms with Crippen molar-refractivity contribution in [1.29, 1.82) is 0 Å². The fourth-order valence-corrected chi connectivity index (χ4v) is 4.76. The summed E-state index contributed by atoms with van der Waals surface area (Å²) in [4.78, 5) is 25.8. The molecule has 1 amide bonds. The fraction of sp³-hybridized carbons (Fsp3) is 0.316. The number of esters is 1. The zero-order valence-electron chi connectivity index (χ0n) is 15.3. The lowest BCUT2D eigenvalue weighted by Crippen LogP contribution is -2.43. The number of thiocarbonyl (C=S) groups is 1. The van der Waals surface area contributed by atoms with Gasteiger partial charge in [-0.2, -0.15) is 0 Å². The van der Waals surface area contributed by atoms with E-state index in [0.717, 1.165) is 35.7 Å². The smallest absolute Gasteiger partial charge is 0.341 e. The Kier molecular flexibility index (Phi) is 7.03. The molecule has 1 heterocycles. The summed E-state index contributed by atoms with van der Waals surface area (Å²) in [5.41, 5.74) is 7.35. The number of amides is 1. The maximum atomic E-state index is 12.5. The van der Waals surface area contributed by atoms with E-state index in [1.54, 1.807) is 31.2 Å². The number of carbonyl (C=O) groups excluding carboxylic acids is 2. The molecule has 0 atom stereocenters. The van der Waals surface area contributed by atoms with Gasteiger partial charge in [-0.1, -0.05) is 15.9 Å². The maximum absolute atomic E-state index is 12.5. The molecule has 1 aromatic heterocycles. The quantitative estimate of drug-likeness (QED) is 0.345. The van der Waals surface area contributed by atoms with Gasteiger partial charge in [-0.25, -0.2) is 4.79 Å². The average molecular weight is 482 g/mol.